The Morgan fingerprint density at radius 3 is 2.77 bits per heavy atom. The highest BCUT2D eigenvalue weighted by atomic mass is 35.5. The van der Waals surface area contributed by atoms with Crippen LogP contribution in [0.1, 0.15) is 32.6 Å². The Kier molecular flexibility index (Phi) is 8.80. The summed E-state index contributed by atoms with van der Waals surface area (Å²) in [6.45, 7) is 3.09. The Bertz CT molecular complexity index is 781. The van der Waals surface area contributed by atoms with E-state index in [1.54, 1.807) is 23.1 Å². The third-order valence-corrected chi connectivity index (χ3v) is 6.14. The molecular formula is C21H29Cl2N3O5. The number of benzene rings is 1. The first-order valence-corrected chi connectivity index (χ1v) is 11.3. The number of aliphatic hydroxyl groups excluding tert-OH is 1. The summed E-state index contributed by atoms with van der Waals surface area (Å²) in [5.41, 5.74) is 0.506. The van der Waals surface area contributed by atoms with Crippen molar-refractivity contribution in [3.8, 4) is 0 Å². The number of hydrogen-bond donors (Lipinski definition) is 3. The minimum Gasteiger partial charge on any atom is -0.389 e. The van der Waals surface area contributed by atoms with Gasteiger partial charge >= 0.3 is 6.03 Å². The molecule has 0 radical (unpaired) electrons. The second-order valence-corrected chi connectivity index (χ2v) is 8.71. The molecule has 3 amide bonds. The van der Waals surface area contributed by atoms with E-state index in [0.29, 0.717) is 35.1 Å². The summed E-state index contributed by atoms with van der Waals surface area (Å²) >= 11 is 12.0. The largest absolute Gasteiger partial charge is 0.389 e. The molecule has 1 aromatic carbocycles. The number of carbonyl (C=O) groups is 2. The SMILES string of the molecule is CCCNC(=O)C[C@H]1CC[C@@H]2[C@H](COC[C@H](O)CN2C(=O)Nc2ccc(Cl)c(Cl)c2)O1. The zero-order chi connectivity index (χ0) is 22.4. The van der Waals surface area contributed by atoms with Gasteiger partial charge in [-0.25, -0.2) is 4.79 Å². The monoisotopic (exact) mass is 473 g/mol. The number of nitrogens with zero attached hydrogens (tertiary/aromatic N) is 1. The van der Waals surface area contributed by atoms with Gasteiger partial charge in [-0.1, -0.05) is 30.1 Å². The molecule has 2 fully saturated rings. The van der Waals surface area contributed by atoms with E-state index < -0.39 is 6.10 Å². The number of ether oxygens (including phenoxy) is 2. The lowest BCUT2D eigenvalue weighted by molar-refractivity contribution is -0.149. The zero-order valence-corrected chi connectivity index (χ0v) is 19.0. The molecule has 3 rings (SSSR count). The lowest BCUT2D eigenvalue weighted by atomic mass is 9.95. The van der Waals surface area contributed by atoms with Crippen LogP contribution in [-0.2, 0) is 14.3 Å². The summed E-state index contributed by atoms with van der Waals surface area (Å²) < 4.78 is 11.7. The van der Waals surface area contributed by atoms with Crippen LogP contribution in [0.4, 0.5) is 10.5 Å². The highest BCUT2D eigenvalue weighted by molar-refractivity contribution is 6.42. The fraction of sp³-hybridized carbons (Fsp3) is 0.619. The molecule has 2 heterocycles. The van der Waals surface area contributed by atoms with E-state index in [4.69, 9.17) is 32.7 Å². The zero-order valence-electron chi connectivity index (χ0n) is 17.5. The first-order chi connectivity index (χ1) is 14.9. The number of nitrogens with one attached hydrogen (secondary N) is 2. The van der Waals surface area contributed by atoms with Crippen LogP contribution >= 0.6 is 23.2 Å². The molecule has 8 nitrogen and oxygen atoms in total. The van der Waals surface area contributed by atoms with Crippen molar-refractivity contribution in [1.82, 2.24) is 10.2 Å². The lowest BCUT2D eigenvalue weighted by Crippen LogP contribution is -2.58. The molecule has 3 N–H and O–H groups in total. The number of urea groups is 1. The van der Waals surface area contributed by atoms with Gasteiger partial charge in [0.2, 0.25) is 5.91 Å². The predicted molar refractivity (Wildman–Crippen MR) is 119 cm³/mol. The van der Waals surface area contributed by atoms with Gasteiger partial charge in [-0.2, -0.15) is 0 Å². The predicted octanol–water partition coefficient (Wildman–Crippen LogP) is 3.05. The summed E-state index contributed by atoms with van der Waals surface area (Å²) in [5, 5.41) is 16.7. The second kappa shape index (κ2) is 11.3. The first-order valence-electron chi connectivity index (χ1n) is 10.6. The molecule has 0 spiro atoms. The first kappa shape index (κ1) is 24.1. The molecule has 0 bridgehead atoms. The van der Waals surface area contributed by atoms with Crippen molar-refractivity contribution in [2.75, 3.05) is 31.6 Å². The van der Waals surface area contributed by atoms with Gasteiger partial charge in [0, 0.05) is 12.2 Å². The molecular weight excluding hydrogens is 445 g/mol. The molecule has 0 saturated carbocycles. The molecule has 4 atom stereocenters. The second-order valence-electron chi connectivity index (χ2n) is 7.90. The summed E-state index contributed by atoms with van der Waals surface area (Å²) in [6, 6.07) is 4.20. The van der Waals surface area contributed by atoms with Crippen LogP contribution in [-0.4, -0.2) is 72.6 Å². The Morgan fingerprint density at radius 2 is 2.03 bits per heavy atom. The van der Waals surface area contributed by atoms with Crippen LogP contribution in [0, 0.1) is 0 Å². The highest BCUT2D eigenvalue weighted by Gasteiger charge is 2.40. The molecule has 10 heteroatoms. The van der Waals surface area contributed by atoms with Crippen molar-refractivity contribution >= 4 is 40.8 Å². The summed E-state index contributed by atoms with van der Waals surface area (Å²) in [6.07, 6.45) is 1.01. The smallest absolute Gasteiger partial charge is 0.322 e. The van der Waals surface area contributed by atoms with E-state index >= 15 is 0 Å². The van der Waals surface area contributed by atoms with Crippen LogP contribution in [0.2, 0.25) is 10.0 Å². The van der Waals surface area contributed by atoms with Gasteiger partial charge < -0.3 is 30.1 Å². The fourth-order valence-corrected chi connectivity index (χ4v) is 4.19. The molecule has 2 saturated heterocycles. The van der Waals surface area contributed by atoms with Crippen molar-refractivity contribution in [2.24, 2.45) is 0 Å². The topological polar surface area (TPSA) is 100 Å². The fourth-order valence-electron chi connectivity index (χ4n) is 3.89. The molecule has 172 valence electrons. The number of fused-ring (bicyclic) bond motifs is 1. The third kappa shape index (κ3) is 6.70. The Balaban J connectivity index is 1.68. The van der Waals surface area contributed by atoms with Gasteiger partial charge in [0.05, 0.1) is 54.5 Å². The molecule has 2 aliphatic rings. The van der Waals surface area contributed by atoms with E-state index in [9.17, 15) is 14.7 Å². The number of halogens is 2. The van der Waals surface area contributed by atoms with Gasteiger partial charge in [0.15, 0.2) is 0 Å². The number of carbonyl (C=O) groups excluding carboxylic acids is 2. The van der Waals surface area contributed by atoms with E-state index in [0.717, 1.165) is 6.42 Å². The number of anilines is 1. The third-order valence-electron chi connectivity index (χ3n) is 5.40. The van der Waals surface area contributed by atoms with Crippen molar-refractivity contribution in [2.45, 2.75) is 57.0 Å². The van der Waals surface area contributed by atoms with Gasteiger partial charge in [0.1, 0.15) is 6.10 Å². The maximum absolute atomic E-state index is 13.1. The number of hydrogen-bond acceptors (Lipinski definition) is 5. The molecule has 2 aliphatic heterocycles. The van der Waals surface area contributed by atoms with Gasteiger partial charge in [-0.3, -0.25) is 4.79 Å². The minimum absolute atomic E-state index is 0.0401. The summed E-state index contributed by atoms with van der Waals surface area (Å²) in [7, 11) is 0. The van der Waals surface area contributed by atoms with Crippen molar-refractivity contribution < 1.29 is 24.2 Å². The maximum Gasteiger partial charge on any atom is 0.322 e. The average Bonchev–Trinajstić information content (AvgIpc) is 2.72. The van der Waals surface area contributed by atoms with E-state index in [-0.39, 0.29) is 56.4 Å². The van der Waals surface area contributed by atoms with Crippen LogP contribution in [0.3, 0.4) is 0 Å². The summed E-state index contributed by atoms with van der Waals surface area (Å²) in [4.78, 5) is 26.7. The Morgan fingerprint density at radius 1 is 1.23 bits per heavy atom. The number of β-amino-alcohol motifs (C(OH)–C–C–N with tert-alkyl or cyclic N) is 1. The molecule has 31 heavy (non-hydrogen) atoms. The molecule has 0 unspecified atom stereocenters. The Hall–Kier alpha value is -1.58. The number of aliphatic hydroxyl groups is 1. The normalized spacial score (nSPS) is 26.4. The van der Waals surface area contributed by atoms with Crippen LogP contribution in [0.5, 0.6) is 0 Å². The standard InChI is InChI=1S/C21H29Cl2N3O5/c1-2-7-24-20(28)9-15-4-6-18-19(31-15)12-30-11-14(27)10-26(18)21(29)25-13-3-5-16(22)17(23)8-13/h3,5,8,14-15,18-19,27H,2,4,6-7,9-12H2,1H3,(H,24,28)(H,25,29)/t14-,15-,18-,19+/m1/s1. The van der Waals surface area contributed by atoms with Crippen LogP contribution in [0.15, 0.2) is 18.2 Å². The number of amides is 3. The van der Waals surface area contributed by atoms with Gasteiger partial charge in [0.25, 0.3) is 0 Å². The summed E-state index contributed by atoms with van der Waals surface area (Å²) in [5.74, 6) is -0.0401. The molecule has 1 aromatic rings. The molecule has 0 aromatic heterocycles. The van der Waals surface area contributed by atoms with E-state index in [1.165, 1.54) is 0 Å². The van der Waals surface area contributed by atoms with Crippen molar-refractivity contribution in [3.63, 3.8) is 0 Å². The number of rotatable bonds is 5. The minimum atomic E-state index is -0.807. The Labute approximate surface area is 192 Å². The van der Waals surface area contributed by atoms with E-state index in [2.05, 4.69) is 10.6 Å². The van der Waals surface area contributed by atoms with Gasteiger partial charge in [-0.15, -0.1) is 0 Å². The molecule has 0 aliphatic carbocycles. The maximum atomic E-state index is 13.1. The lowest BCUT2D eigenvalue weighted by Gasteiger charge is -2.44. The van der Waals surface area contributed by atoms with Crippen LogP contribution < -0.4 is 10.6 Å². The van der Waals surface area contributed by atoms with E-state index in [1.807, 2.05) is 6.92 Å². The quantitative estimate of drug-likeness (QED) is 0.609. The van der Waals surface area contributed by atoms with Crippen molar-refractivity contribution in [1.29, 1.82) is 0 Å². The average molecular weight is 474 g/mol. The van der Waals surface area contributed by atoms with Gasteiger partial charge in [-0.05, 0) is 37.5 Å². The van der Waals surface area contributed by atoms with Crippen LogP contribution in [0.25, 0.3) is 0 Å². The highest BCUT2D eigenvalue weighted by Crippen LogP contribution is 2.29. The van der Waals surface area contributed by atoms with Crippen molar-refractivity contribution in [3.05, 3.63) is 28.2 Å².